The Hall–Kier alpha value is -3.53. The number of hydrogen-bond donors (Lipinski definition) is 2. The first kappa shape index (κ1) is 21.0. The summed E-state index contributed by atoms with van der Waals surface area (Å²) in [5, 5.41) is 11.3. The normalized spacial score (nSPS) is 18.7. The van der Waals surface area contributed by atoms with Crippen LogP contribution in [-0.2, 0) is 7.05 Å². The summed E-state index contributed by atoms with van der Waals surface area (Å²) in [5.74, 6) is -1.23. The molecule has 8 nitrogen and oxygen atoms in total. The van der Waals surface area contributed by atoms with Gasteiger partial charge in [-0.25, -0.2) is 13.8 Å². The van der Waals surface area contributed by atoms with Crippen molar-refractivity contribution in [2.75, 3.05) is 29.9 Å². The van der Waals surface area contributed by atoms with Gasteiger partial charge < -0.3 is 19.9 Å². The maximum absolute atomic E-state index is 15.5. The Morgan fingerprint density at radius 1 is 1.18 bits per heavy atom. The molecule has 1 atom stereocenters. The number of carbonyl (C=O) groups excluding carboxylic acids is 1. The van der Waals surface area contributed by atoms with Gasteiger partial charge in [0.05, 0.1) is 17.1 Å². The van der Waals surface area contributed by atoms with Crippen LogP contribution < -0.4 is 15.5 Å². The van der Waals surface area contributed by atoms with E-state index in [2.05, 4.69) is 25.6 Å². The van der Waals surface area contributed by atoms with Gasteiger partial charge in [0, 0.05) is 62.8 Å². The van der Waals surface area contributed by atoms with Crippen molar-refractivity contribution in [3.63, 3.8) is 0 Å². The van der Waals surface area contributed by atoms with Gasteiger partial charge in [-0.15, -0.1) is 0 Å². The van der Waals surface area contributed by atoms with E-state index in [4.69, 9.17) is 0 Å². The zero-order valence-electron chi connectivity index (χ0n) is 19.0. The van der Waals surface area contributed by atoms with Crippen molar-refractivity contribution in [1.29, 1.82) is 0 Å². The maximum atomic E-state index is 15.5. The number of halogens is 2. The molecule has 1 unspecified atom stereocenters. The monoisotopic (exact) mass is 465 g/mol. The Morgan fingerprint density at radius 2 is 2.00 bits per heavy atom. The first-order chi connectivity index (χ1) is 16.4. The van der Waals surface area contributed by atoms with E-state index in [1.165, 1.54) is 29.4 Å². The number of piperazine rings is 1. The lowest BCUT2D eigenvalue weighted by molar-refractivity contribution is 0.102. The van der Waals surface area contributed by atoms with Crippen molar-refractivity contribution in [2.45, 2.75) is 25.8 Å². The number of aromatic nitrogens is 4. The molecule has 3 aromatic heterocycles. The molecule has 0 radical (unpaired) electrons. The topological polar surface area (TPSA) is 79.5 Å². The predicted molar refractivity (Wildman–Crippen MR) is 125 cm³/mol. The largest absolute Gasteiger partial charge is 0.368 e. The number of nitrogens with one attached hydrogen (secondary N) is 2. The summed E-state index contributed by atoms with van der Waals surface area (Å²) in [5.41, 5.74) is 1.89. The lowest BCUT2D eigenvalue weighted by Crippen LogP contribution is -2.51. The van der Waals surface area contributed by atoms with E-state index in [0.29, 0.717) is 17.7 Å². The fraction of sp³-hybridized carbons (Fsp3) is 0.375. The minimum Gasteiger partial charge on any atom is -0.368 e. The standard InChI is InChI=1S/C24H25F2N7O/c1-13-9-33-10-15(7-18(26)23(33)28-13)29-24(34)21-17(25)8-20(16-11-31(2)30-22(16)21)32-6-5-27-19(12-32)14-3-4-14/h7-11,14,19,27H,3-6,12H2,1-2H3,(H,29,34). The third kappa shape index (κ3) is 3.58. The fourth-order valence-corrected chi connectivity index (χ4v) is 4.97. The molecule has 2 fully saturated rings. The molecule has 34 heavy (non-hydrogen) atoms. The zero-order valence-corrected chi connectivity index (χ0v) is 19.0. The smallest absolute Gasteiger partial charge is 0.260 e. The van der Waals surface area contributed by atoms with E-state index in [9.17, 15) is 9.18 Å². The molecule has 0 spiro atoms. The number of rotatable bonds is 4. The van der Waals surface area contributed by atoms with E-state index >= 15 is 4.39 Å². The van der Waals surface area contributed by atoms with Gasteiger partial charge in [0.2, 0.25) is 0 Å². The Labute approximate surface area is 194 Å². The van der Waals surface area contributed by atoms with Gasteiger partial charge in [-0.2, -0.15) is 5.10 Å². The third-order valence-corrected chi connectivity index (χ3v) is 6.69. The molecule has 1 amide bonds. The summed E-state index contributed by atoms with van der Waals surface area (Å²) < 4.78 is 33.0. The van der Waals surface area contributed by atoms with Crippen LogP contribution in [0.1, 0.15) is 28.9 Å². The van der Waals surface area contributed by atoms with Crippen molar-refractivity contribution in [3.8, 4) is 0 Å². The predicted octanol–water partition coefficient (Wildman–Crippen LogP) is 3.25. The summed E-state index contributed by atoms with van der Waals surface area (Å²) in [6, 6.07) is 3.00. The van der Waals surface area contributed by atoms with Crippen molar-refractivity contribution in [3.05, 3.63) is 53.6 Å². The van der Waals surface area contributed by atoms with E-state index < -0.39 is 17.5 Å². The van der Waals surface area contributed by atoms with Gasteiger partial charge in [0.1, 0.15) is 16.9 Å². The number of pyridine rings is 1. The average Bonchev–Trinajstić information content (AvgIpc) is 3.47. The van der Waals surface area contributed by atoms with Crippen LogP contribution in [0.15, 0.2) is 30.7 Å². The molecule has 10 heteroatoms. The van der Waals surface area contributed by atoms with Crippen LogP contribution in [0.5, 0.6) is 0 Å². The lowest BCUT2D eigenvalue weighted by atomic mass is 10.0. The summed E-state index contributed by atoms with van der Waals surface area (Å²) in [4.78, 5) is 19.5. The molecule has 2 aliphatic rings. The minimum absolute atomic E-state index is 0.157. The van der Waals surface area contributed by atoms with E-state index in [0.717, 1.165) is 30.7 Å². The quantitative estimate of drug-likeness (QED) is 0.484. The van der Waals surface area contributed by atoms with Crippen LogP contribution in [0, 0.1) is 24.5 Å². The van der Waals surface area contributed by atoms with Crippen LogP contribution >= 0.6 is 0 Å². The average molecular weight is 466 g/mol. The Balaban J connectivity index is 1.36. The van der Waals surface area contributed by atoms with Gasteiger partial charge in [-0.3, -0.25) is 9.48 Å². The number of aryl methyl sites for hydroxylation is 2. The molecule has 2 N–H and O–H groups in total. The number of imidazole rings is 1. The number of anilines is 2. The van der Waals surface area contributed by atoms with E-state index in [-0.39, 0.29) is 22.4 Å². The zero-order chi connectivity index (χ0) is 23.6. The maximum Gasteiger partial charge on any atom is 0.260 e. The SMILES string of the molecule is Cc1cn2cc(NC(=O)c3c(F)cc(N4CCNC(C5CC5)C4)c4cn(C)nc34)cc(F)c2n1. The minimum atomic E-state index is -0.681. The Bertz CT molecular complexity index is 1440. The number of carbonyl (C=O) groups is 1. The third-order valence-electron chi connectivity index (χ3n) is 6.69. The van der Waals surface area contributed by atoms with Crippen LogP contribution in [0.4, 0.5) is 20.2 Å². The van der Waals surface area contributed by atoms with Crippen LogP contribution in [0.25, 0.3) is 16.6 Å². The molecule has 1 aliphatic heterocycles. The molecule has 1 aromatic carbocycles. The number of hydrogen-bond acceptors (Lipinski definition) is 5. The molecular formula is C24H25F2N7O. The van der Waals surface area contributed by atoms with Crippen LogP contribution in [0.2, 0.25) is 0 Å². The van der Waals surface area contributed by atoms with Crippen molar-refractivity contribution >= 4 is 33.8 Å². The van der Waals surface area contributed by atoms with E-state index in [1.807, 2.05) is 6.20 Å². The lowest BCUT2D eigenvalue weighted by Gasteiger charge is -2.36. The fourth-order valence-electron chi connectivity index (χ4n) is 4.97. The van der Waals surface area contributed by atoms with Gasteiger partial charge in [-0.05, 0) is 31.7 Å². The highest BCUT2D eigenvalue weighted by Crippen LogP contribution is 2.37. The first-order valence-corrected chi connectivity index (χ1v) is 11.5. The second kappa shape index (κ2) is 7.76. The molecule has 4 heterocycles. The van der Waals surface area contributed by atoms with Gasteiger partial charge >= 0.3 is 0 Å². The van der Waals surface area contributed by atoms with Gasteiger partial charge in [-0.1, -0.05) is 0 Å². The Kier molecular flexibility index (Phi) is 4.80. The second-order valence-corrected chi connectivity index (χ2v) is 9.31. The first-order valence-electron chi connectivity index (χ1n) is 11.5. The van der Waals surface area contributed by atoms with Crippen LogP contribution in [-0.4, -0.2) is 50.7 Å². The van der Waals surface area contributed by atoms with Crippen molar-refractivity contribution in [1.82, 2.24) is 24.5 Å². The summed E-state index contributed by atoms with van der Waals surface area (Å²) >= 11 is 0. The highest BCUT2D eigenvalue weighted by molar-refractivity contribution is 6.14. The number of nitrogens with zero attached hydrogens (tertiary/aromatic N) is 5. The van der Waals surface area contributed by atoms with Crippen molar-refractivity contribution < 1.29 is 13.6 Å². The highest BCUT2D eigenvalue weighted by atomic mass is 19.1. The van der Waals surface area contributed by atoms with Gasteiger partial charge in [0.15, 0.2) is 11.5 Å². The highest BCUT2D eigenvalue weighted by Gasteiger charge is 2.35. The molecular weight excluding hydrogens is 440 g/mol. The second-order valence-electron chi connectivity index (χ2n) is 9.31. The summed E-state index contributed by atoms with van der Waals surface area (Å²) in [6.07, 6.45) is 7.48. The van der Waals surface area contributed by atoms with Crippen molar-refractivity contribution in [2.24, 2.45) is 13.0 Å². The molecule has 176 valence electrons. The van der Waals surface area contributed by atoms with Gasteiger partial charge in [0.25, 0.3) is 5.91 Å². The Morgan fingerprint density at radius 3 is 2.79 bits per heavy atom. The number of fused-ring (bicyclic) bond motifs is 2. The van der Waals surface area contributed by atoms with Crippen LogP contribution in [0.3, 0.4) is 0 Å². The molecule has 0 bridgehead atoms. The molecule has 1 saturated heterocycles. The number of amides is 1. The summed E-state index contributed by atoms with van der Waals surface area (Å²) in [6.45, 7) is 4.13. The summed E-state index contributed by atoms with van der Waals surface area (Å²) in [7, 11) is 1.75. The molecule has 1 aliphatic carbocycles. The number of benzene rings is 1. The molecule has 6 rings (SSSR count). The molecule has 1 saturated carbocycles. The van der Waals surface area contributed by atoms with E-state index in [1.54, 1.807) is 31.0 Å². The molecule has 4 aromatic rings.